The molecule has 3 nitrogen and oxygen atoms in total. The molecule has 2 heterocycles. The zero-order chi connectivity index (χ0) is 11.5. The standard InChI is InChI=1S/C12H18N2OS/c1-9-3-4-11(16-9)12(15)14(2)10-5-7-13-8-6-10/h3-4,10,13H,5-8H2,1-2H3. The van der Waals surface area contributed by atoms with Crippen LogP contribution in [0.15, 0.2) is 12.1 Å². The van der Waals surface area contributed by atoms with Crippen molar-refractivity contribution in [2.45, 2.75) is 25.8 Å². The number of hydrogen-bond acceptors (Lipinski definition) is 3. The number of aryl methyl sites for hydroxylation is 1. The van der Waals surface area contributed by atoms with Crippen LogP contribution >= 0.6 is 11.3 Å². The summed E-state index contributed by atoms with van der Waals surface area (Å²) in [6.07, 6.45) is 2.12. The quantitative estimate of drug-likeness (QED) is 0.853. The van der Waals surface area contributed by atoms with Crippen molar-refractivity contribution in [1.29, 1.82) is 0 Å². The van der Waals surface area contributed by atoms with Crippen molar-refractivity contribution in [3.8, 4) is 0 Å². The van der Waals surface area contributed by atoms with Crippen LogP contribution in [-0.4, -0.2) is 37.0 Å². The third-order valence-electron chi connectivity index (χ3n) is 3.13. The van der Waals surface area contributed by atoms with Crippen LogP contribution in [0.2, 0.25) is 0 Å². The van der Waals surface area contributed by atoms with Gasteiger partial charge in [0.25, 0.3) is 5.91 Å². The van der Waals surface area contributed by atoms with Gasteiger partial charge in [-0.1, -0.05) is 0 Å². The molecule has 1 aliphatic heterocycles. The van der Waals surface area contributed by atoms with E-state index in [-0.39, 0.29) is 5.91 Å². The molecule has 0 aromatic carbocycles. The lowest BCUT2D eigenvalue weighted by Gasteiger charge is -2.31. The van der Waals surface area contributed by atoms with Gasteiger partial charge >= 0.3 is 0 Å². The van der Waals surface area contributed by atoms with Gasteiger partial charge in [0.05, 0.1) is 4.88 Å². The second-order valence-corrected chi connectivity index (χ2v) is 5.60. The summed E-state index contributed by atoms with van der Waals surface area (Å²) < 4.78 is 0. The predicted octanol–water partition coefficient (Wildman–Crippen LogP) is 1.88. The number of piperidine rings is 1. The van der Waals surface area contributed by atoms with E-state index < -0.39 is 0 Å². The number of rotatable bonds is 2. The van der Waals surface area contributed by atoms with Gasteiger partial charge in [-0.25, -0.2) is 0 Å². The normalized spacial score (nSPS) is 17.4. The average molecular weight is 238 g/mol. The monoisotopic (exact) mass is 238 g/mol. The van der Waals surface area contributed by atoms with Gasteiger partial charge in [-0.3, -0.25) is 4.79 Å². The Morgan fingerprint density at radius 1 is 1.44 bits per heavy atom. The van der Waals surface area contributed by atoms with E-state index in [1.165, 1.54) is 4.88 Å². The molecule has 0 unspecified atom stereocenters. The van der Waals surface area contributed by atoms with Gasteiger partial charge in [-0.05, 0) is 45.0 Å². The summed E-state index contributed by atoms with van der Waals surface area (Å²) in [7, 11) is 1.92. The maximum absolute atomic E-state index is 12.2. The molecule has 1 aromatic heterocycles. The minimum atomic E-state index is 0.171. The molecule has 16 heavy (non-hydrogen) atoms. The summed E-state index contributed by atoms with van der Waals surface area (Å²) >= 11 is 1.58. The Morgan fingerprint density at radius 2 is 2.12 bits per heavy atom. The topological polar surface area (TPSA) is 32.3 Å². The lowest BCUT2D eigenvalue weighted by molar-refractivity contribution is 0.0708. The summed E-state index contributed by atoms with van der Waals surface area (Å²) in [5, 5.41) is 3.32. The van der Waals surface area contributed by atoms with Crippen molar-refractivity contribution in [3.63, 3.8) is 0 Å². The first-order chi connectivity index (χ1) is 7.68. The van der Waals surface area contributed by atoms with E-state index in [0.717, 1.165) is 30.8 Å². The fraction of sp³-hybridized carbons (Fsp3) is 0.583. The molecule has 4 heteroatoms. The molecule has 1 N–H and O–H groups in total. The van der Waals surface area contributed by atoms with Crippen LogP contribution in [0.5, 0.6) is 0 Å². The van der Waals surface area contributed by atoms with Crippen LogP contribution in [0.3, 0.4) is 0 Å². The lowest BCUT2D eigenvalue weighted by Crippen LogP contribution is -2.43. The second-order valence-electron chi connectivity index (χ2n) is 4.31. The van der Waals surface area contributed by atoms with Crippen molar-refractivity contribution < 1.29 is 4.79 Å². The first-order valence-corrected chi connectivity index (χ1v) is 6.54. The summed E-state index contributed by atoms with van der Waals surface area (Å²) in [5.41, 5.74) is 0. The Morgan fingerprint density at radius 3 is 2.69 bits per heavy atom. The maximum atomic E-state index is 12.2. The van der Waals surface area contributed by atoms with E-state index in [4.69, 9.17) is 0 Å². The van der Waals surface area contributed by atoms with E-state index in [1.54, 1.807) is 11.3 Å². The molecule has 1 aliphatic rings. The van der Waals surface area contributed by atoms with E-state index in [1.807, 2.05) is 31.0 Å². The van der Waals surface area contributed by atoms with E-state index in [9.17, 15) is 4.79 Å². The third-order valence-corrected chi connectivity index (χ3v) is 4.12. The number of nitrogens with one attached hydrogen (secondary N) is 1. The largest absolute Gasteiger partial charge is 0.338 e. The summed E-state index contributed by atoms with van der Waals surface area (Å²) in [4.78, 5) is 16.1. The number of carbonyl (C=O) groups excluding carboxylic acids is 1. The highest BCUT2D eigenvalue weighted by molar-refractivity contribution is 7.13. The van der Waals surface area contributed by atoms with Gasteiger partial charge < -0.3 is 10.2 Å². The highest BCUT2D eigenvalue weighted by Crippen LogP contribution is 2.19. The molecule has 2 rings (SSSR count). The van der Waals surface area contributed by atoms with Gasteiger partial charge in [-0.2, -0.15) is 0 Å². The third kappa shape index (κ3) is 2.44. The summed E-state index contributed by atoms with van der Waals surface area (Å²) in [6.45, 7) is 4.07. The molecule has 88 valence electrons. The summed E-state index contributed by atoms with van der Waals surface area (Å²) in [5.74, 6) is 0.171. The van der Waals surface area contributed by atoms with Gasteiger partial charge in [0.2, 0.25) is 0 Å². The number of nitrogens with zero attached hydrogens (tertiary/aromatic N) is 1. The summed E-state index contributed by atoms with van der Waals surface area (Å²) in [6, 6.07) is 4.34. The fourth-order valence-corrected chi connectivity index (χ4v) is 2.93. The van der Waals surface area contributed by atoms with Crippen molar-refractivity contribution >= 4 is 17.2 Å². The minimum absolute atomic E-state index is 0.171. The van der Waals surface area contributed by atoms with Crippen LogP contribution in [-0.2, 0) is 0 Å². The Kier molecular flexibility index (Phi) is 3.61. The highest BCUT2D eigenvalue weighted by Gasteiger charge is 2.23. The van der Waals surface area contributed by atoms with Crippen LogP contribution < -0.4 is 5.32 Å². The molecule has 0 spiro atoms. The molecule has 1 saturated heterocycles. The second kappa shape index (κ2) is 4.97. The van der Waals surface area contributed by atoms with Gasteiger partial charge in [0, 0.05) is 18.0 Å². The smallest absolute Gasteiger partial charge is 0.263 e. The molecule has 1 aromatic rings. The number of hydrogen-bond donors (Lipinski definition) is 1. The van der Waals surface area contributed by atoms with Crippen molar-refractivity contribution in [3.05, 3.63) is 21.9 Å². The average Bonchev–Trinajstić information content (AvgIpc) is 2.75. The molecule has 0 radical (unpaired) electrons. The zero-order valence-electron chi connectivity index (χ0n) is 9.82. The van der Waals surface area contributed by atoms with Gasteiger partial charge in [-0.15, -0.1) is 11.3 Å². The van der Waals surface area contributed by atoms with Crippen LogP contribution in [0.4, 0.5) is 0 Å². The Balaban J connectivity index is 2.03. The van der Waals surface area contributed by atoms with E-state index in [0.29, 0.717) is 6.04 Å². The Hall–Kier alpha value is -0.870. The predicted molar refractivity (Wildman–Crippen MR) is 67.0 cm³/mol. The Bertz CT molecular complexity index is 369. The lowest BCUT2D eigenvalue weighted by atomic mass is 10.1. The zero-order valence-corrected chi connectivity index (χ0v) is 10.6. The molecule has 0 aliphatic carbocycles. The first-order valence-electron chi connectivity index (χ1n) is 5.73. The van der Waals surface area contributed by atoms with Gasteiger partial charge in [0.1, 0.15) is 0 Å². The molecule has 0 atom stereocenters. The molecule has 1 fully saturated rings. The molecule has 0 bridgehead atoms. The van der Waals surface area contributed by atoms with Crippen molar-refractivity contribution in [1.82, 2.24) is 10.2 Å². The maximum Gasteiger partial charge on any atom is 0.263 e. The van der Waals surface area contributed by atoms with Crippen molar-refractivity contribution in [2.75, 3.05) is 20.1 Å². The van der Waals surface area contributed by atoms with Crippen LogP contribution in [0.25, 0.3) is 0 Å². The molecular weight excluding hydrogens is 220 g/mol. The number of carbonyl (C=O) groups is 1. The number of thiophene rings is 1. The highest BCUT2D eigenvalue weighted by atomic mass is 32.1. The Labute approximate surface area is 100 Å². The van der Waals surface area contributed by atoms with Crippen LogP contribution in [0.1, 0.15) is 27.4 Å². The van der Waals surface area contributed by atoms with E-state index >= 15 is 0 Å². The van der Waals surface area contributed by atoms with Gasteiger partial charge in [0.15, 0.2) is 0 Å². The van der Waals surface area contributed by atoms with E-state index in [2.05, 4.69) is 5.32 Å². The first kappa shape index (κ1) is 11.6. The molecule has 1 amide bonds. The SMILES string of the molecule is Cc1ccc(C(=O)N(C)C2CCNCC2)s1. The van der Waals surface area contributed by atoms with Crippen molar-refractivity contribution in [2.24, 2.45) is 0 Å². The molecular formula is C12H18N2OS. The molecule has 0 saturated carbocycles. The minimum Gasteiger partial charge on any atom is -0.338 e. The fourth-order valence-electron chi connectivity index (χ4n) is 2.08. The van der Waals surface area contributed by atoms with Crippen LogP contribution in [0, 0.1) is 6.92 Å². The number of amides is 1.